The summed E-state index contributed by atoms with van der Waals surface area (Å²) in [6, 6.07) is 27.2. The molecule has 0 saturated carbocycles. The number of hydrogen-bond donors (Lipinski definition) is 0. The van der Waals surface area contributed by atoms with Crippen molar-refractivity contribution in [2.24, 2.45) is 0 Å². The van der Waals surface area contributed by atoms with Crippen molar-refractivity contribution in [2.45, 2.75) is 13.8 Å². The van der Waals surface area contributed by atoms with Crippen molar-refractivity contribution in [3.63, 3.8) is 0 Å². The van der Waals surface area contributed by atoms with Gasteiger partial charge in [-0.2, -0.15) is 5.26 Å². The van der Waals surface area contributed by atoms with Crippen molar-refractivity contribution in [3.8, 4) is 23.0 Å². The molecule has 0 amide bonds. The van der Waals surface area contributed by atoms with E-state index in [0.29, 0.717) is 5.56 Å². The molecule has 3 aromatic carbocycles. The van der Waals surface area contributed by atoms with Gasteiger partial charge in [-0.05, 0) is 67.4 Å². The highest BCUT2D eigenvalue weighted by Crippen LogP contribution is 2.36. The van der Waals surface area contributed by atoms with Crippen molar-refractivity contribution in [1.29, 1.82) is 5.26 Å². The van der Waals surface area contributed by atoms with Crippen molar-refractivity contribution < 1.29 is 0 Å². The predicted molar refractivity (Wildman–Crippen MR) is 118 cm³/mol. The van der Waals surface area contributed by atoms with Crippen molar-refractivity contribution in [1.82, 2.24) is 9.55 Å². The van der Waals surface area contributed by atoms with Gasteiger partial charge in [-0.15, -0.1) is 0 Å². The molecule has 0 unspecified atom stereocenters. The third-order valence-corrected chi connectivity index (χ3v) is 5.48. The van der Waals surface area contributed by atoms with Crippen LogP contribution in [0.2, 0.25) is 0 Å². The molecule has 5 rings (SSSR count). The van der Waals surface area contributed by atoms with Gasteiger partial charge in [0.15, 0.2) is 0 Å². The van der Waals surface area contributed by atoms with E-state index in [2.05, 4.69) is 71.9 Å². The maximum Gasteiger partial charge on any atom is 0.0991 e. The number of pyridine rings is 1. The summed E-state index contributed by atoms with van der Waals surface area (Å²) < 4.78 is 2.32. The molecule has 2 heterocycles. The lowest BCUT2D eigenvalue weighted by atomic mass is 10.0. The van der Waals surface area contributed by atoms with E-state index in [9.17, 15) is 5.26 Å². The molecule has 0 saturated heterocycles. The van der Waals surface area contributed by atoms with Gasteiger partial charge in [0, 0.05) is 22.5 Å². The minimum atomic E-state index is 0.696. The average molecular weight is 373 g/mol. The minimum Gasteiger partial charge on any atom is -0.309 e. The summed E-state index contributed by atoms with van der Waals surface area (Å²) in [5.74, 6) is 0. The first kappa shape index (κ1) is 17.2. The van der Waals surface area contributed by atoms with Crippen LogP contribution in [0.25, 0.3) is 38.8 Å². The molecule has 29 heavy (non-hydrogen) atoms. The number of benzene rings is 3. The maximum atomic E-state index is 9.33. The van der Waals surface area contributed by atoms with Crippen LogP contribution in [0.1, 0.15) is 16.7 Å². The van der Waals surface area contributed by atoms with E-state index < -0.39 is 0 Å². The summed E-state index contributed by atoms with van der Waals surface area (Å²) in [5, 5.41) is 11.7. The quantitative estimate of drug-likeness (QED) is 0.362. The van der Waals surface area contributed by atoms with Gasteiger partial charge in [-0.3, -0.25) is 4.98 Å². The first-order chi connectivity index (χ1) is 14.2. The van der Waals surface area contributed by atoms with Crippen LogP contribution in [-0.2, 0) is 0 Å². The summed E-state index contributed by atoms with van der Waals surface area (Å²) in [5.41, 5.74) is 8.42. The van der Waals surface area contributed by atoms with Gasteiger partial charge in [-0.1, -0.05) is 30.3 Å². The second-order valence-corrected chi connectivity index (χ2v) is 7.37. The summed E-state index contributed by atoms with van der Waals surface area (Å²) in [4.78, 5) is 4.51. The fourth-order valence-electron chi connectivity index (χ4n) is 4.28. The molecule has 3 heteroatoms. The second-order valence-electron chi connectivity index (χ2n) is 7.37. The molecule has 0 bridgehead atoms. The molecule has 0 aliphatic heterocycles. The molecule has 0 radical (unpaired) electrons. The van der Waals surface area contributed by atoms with Gasteiger partial charge in [0.05, 0.1) is 34.0 Å². The molecule has 0 aliphatic rings. The van der Waals surface area contributed by atoms with E-state index in [1.54, 1.807) is 0 Å². The number of para-hydroxylation sites is 1. The normalized spacial score (nSPS) is 11.1. The molecular formula is C26H19N3. The number of nitrogens with zero attached hydrogens (tertiary/aromatic N) is 3. The van der Waals surface area contributed by atoms with Gasteiger partial charge < -0.3 is 4.57 Å². The molecule has 2 aromatic heterocycles. The number of hydrogen-bond acceptors (Lipinski definition) is 2. The average Bonchev–Trinajstić information content (AvgIpc) is 3.07. The van der Waals surface area contributed by atoms with Crippen molar-refractivity contribution in [2.75, 3.05) is 0 Å². The molecule has 0 spiro atoms. The Kier molecular flexibility index (Phi) is 3.93. The molecule has 3 nitrogen and oxygen atoms in total. The van der Waals surface area contributed by atoms with Crippen LogP contribution >= 0.6 is 0 Å². The van der Waals surface area contributed by atoms with E-state index in [1.165, 1.54) is 10.8 Å². The second kappa shape index (κ2) is 6.61. The Bertz CT molecular complexity index is 1400. The lowest BCUT2D eigenvalue weighted by Crippen LogP contribution is -2.01. The van der Waals surface area contributed by atoms with E-state index in [-0.39, 0.29) is 0 Å². The van der Waals surface area contributed by atoms with Crippen LogP contribution in [-0.4, -0.2) is 9.55 Å². The van der Waals surface area contributed by atoms with Crippen LogP contribution in [0.5, 0.6) is 0 Å². The molecule has 5 aromatic rings. The number of nitriles is 1. The molecule has 138 valence electrons. The number of fused-ring (bicyclic) bond motifs is 3. The fraction of sp³-hybridized carbons (Fsp3) is 0.0769. The zero-order chi connectivity index (χ0) is 20.0. The highest BCUT2D eigenvalue weighted by atomic mass is 15.0. The molecular weight excluding hydrogens is 354 g/mol. The summed E-state index contributed by atoms with van der Waals surface area (Å²) in [6.07, 6.45) is 1.83. The van der Waals surface area contributed by atoms with Gasteiger partial charge in [0.1, 0.15) is 0 Å². The van der Waals surface area contributed by atoms with Gasteiger partial charge in [0.2, 0.25) is 0 Å². The van der Waals surface area contributed by atoms with E-state index in [4.69, 9.17) is 0 Å². The highest BCUT2D eigenvalue weighted by Gasteiger charge is 2.16. The van der Waals surface area contributed by atoms with Gasteiger partial charge >= 0.3 is 0 Å². The van der Waals surface area contributed by atoms with Crippen LogP contribution < -0.4 is 0 Å². The minimum absolute atomic E-state index is 0.696. The first-order valence-corrected chi connectivity index (χ1v) is 9.63. The van der Waals surface area contributed by atoms with E-state index in [1.807, 2.05) is 36.5 Å². The Morgan fingerprint density at radius 3 is 2.24 bits per heavy atom. The van der Waals surface area contributed by atoms with E-state index >= 15 is 0 Å². The highest BCUT2D eigenvalue weighted by molar-refractivity contribution is 6.10. The monoisotopic (exact) mass is 373 g/mol. The Morgan fingerprint density at radius 2 is 1.52 bits per heavy atom. The van der Waals surface area contributed by atoms with Crippen molar-refractivity contribution >= 4 is 21.8 Å². The zero-order valence-electron chi connectivity index (χ0n) is 16.3. The van der Waals surface area contributed by atoms with Crippen LogP contribution in [0.3, 0.4) is 0 Å². The Balaban J connectivity index is 1.86. The Hall–Kier alpha value is -3.90. The molecule has 0 aliphatic carbocycles. The summed E-state index contributed by atoms with van der Waals surface area (Å²) >= 11 is 0. The number of aromatic nitrogens is 2. The fourth-order valence-corrected chi connectivity index (χ4v) is 4.28. The number of rotatable bonds is 2. The summed E-state index contributed by atoms with van der Waals surface area (Å²) in [6.45, 7) is 4.15. The lowest BCUT2D eigenvalue weighted by molar-refractivity contribution is 1.12. The van der Waals surface area contributed by atoms with Gasteiger partial charge in [-0.25, -0.2) is 0 Å². The third-order valence-electron chi connectivity index (χ3n) is 5.48. The van der Waals surface area contributed by atoms with Crippen molar-refractivity contribution in [3.05, 3.63) is 95.7 Å². The molecule has 0 fully saturated rings. The molecule has 0 N–H and O–H groups in total. The Labute approximate surface area is 169 Å². The largest absolute Gasteiger partial charge is 0.309 e. The summed E-state index contributed by atoms with van der Waals surface area (Å²) in [7, 11) is 0. The smallest absolute Gasteiger partial charge is 0.0991 e. The predicted octanol–water partition coefficient (Wildman–Crippen LogP) is 6.33. The maximum absolute atomic E-state index is 9.33. The lowest BCUT2D eigenvalue weighted by Gasteiger charge is -2.15. The number of aryl methyl sites for hydroxylation is 2. The van der Waals surface area contributed by atoms with Gasteiger partial charge in [0.25, 0.3) is 0 Å². The van der Waals surface area contributed by atoms with E-state index in [0.717, 1.165) is 39.1 Å². The van der Waals surface area contributed by atoms with Crippen LogP contribution in [0.15, 0.2) is 79.0 Å². The molecule has 0 atom stereocenters. The zero-order valence-corrected chi connectivity index (χ0v) is 16.3. The van der Waals surface area contributed by atoms with Crippen LogP contribution in [0.4, 0.5) is 0 Å². The SMILES string of the molecule is Cc1cc(C#N)cc(C)c1-n1c2ccccc2c2cc(-c3ccccn3)ccc21. The topological polar surface area (TPSA) is 41.6 Å². The first-order valence-electron chi connectivity index (χ1n) is 9.63. The standard InChI is InChI=1S/C26H19N3/c1-17-13-19(16-27)14-18(2)26(17)29-24-9-4-3-7-21(24)22-15-20(10-11-25(22)29)23-8-5-6-12-28-23/h3-15H,1-2H3. The Morgan fingerprint density at radius 1 is 0.793 bits per heavy atom. The third kappa shape index (κ3) is 2.69. The van der Waals surface area contributed by atoms with Crippen LogP contribution in [0, 0.1) is 25.2 Å².